The molecule has 1 rings (SSSR count). The maximum Gasteiger partial charge on any atom is 0.343 e. The number of ether oxygens (including phenoxy) is 1. The number of aromatic nitrogens is 2. The lowest BCUT2D eigenvalue weighted by Gasteiger charge is -2.17. The highest BCUT2D eigenvalue weighted by Gasteiger charge is 2.20. The lowest BCUT2D eigenvalue weighted by atomic mass is 10.1. The first-order valence-corrected chi connectivity index (χ1v) is 6.85. The Balaban J connectivity index is 3.09. The molecule has 19 heavy (non-hydrogen) atoms. The molecule has 0 bridgehead atoms. The van der Waals surface area contributed by atoms with E-state index < -0.39 is 5.97 Å². The second kappa shape index (κ2) is 7.28. The summed E-state index contributed by atoms with van der Waals surface area (Å²) in [4.78, 5) is 20.1. The zero-order valence-corrected chi connectivity index (χ0v) is 12.5. The van der Waals surface area contributed by atoms with E-state index in [1.165, 1.54) is 0 Å². The van der Waals surface area contributed by atoms with Crippen LogP contribution in [0.4, 0.5) is 5.82 Å². The molecule has 0 amide bonds. The number of halogens is 1. The zero-order valence-electron chi connectivity index (χ0n) is 11.8. The van der Waals surface area contributed by atoms with Gasteiger partial charge in [-0.25, -0.2) is 9.78 Å². The number of hydrogen-bond acceptors (Lipinski definition) is 5. The van der Waals surface area contributed by atoms with E-state index in [0.717, 1.165) is 12.8 Å². The minimum atomic E-state index is -0.428. The summed E-state index contributed by atoms with van der Waals surface area (Å²) in [5.74, 6) is 0.0137. The number of anilines is 1. The molecule has 6 heteroatoms. The molecule has 0 aliphatic rings. The van der Waals surface area contributed by atoms with Crippen LogP contribution in [-0.2, 0) is 4.74 Å². The summed E-state index contributed by atoms with van der Waals surface area (Å²) in [7, 11) is 0. The van der Waals surface area contributed by atoms with Gasteiger partial charge in [0.25, 0.3) is 0 Å². The summed E-state index contributed by atoms with van der Waals surface area (Å²) in [5, 5.41) is 3.32. The van der Waals surface area contributed by atoms with Crippen LogP contribution in [0.15, 0.2) is 0 Å². The first-order valence-electron chi connectivity index (χ1n) is 6.47. The highest BCUT2D eigenvalue weighted by molar-refractivity contribution is 6.28. The Kier molecular flexibility index (Phi) is 6.02. The van der Waals surface area contributed by atoms with E-state index in [-0.39, 0.29) is 11.3 Å². The van der Waals surface area contributed by atoms with Gasteiger partial charge in [0.2, 0.25) is 5.28 Å². The monoisotopic (exact) mass is 285 g/mol. The summed E-state index contributed by atoms with van der Waals surface area (Å²) in [6.45, 7) is 7.92. The molecule has 0 aliphatic carbocycles. The quantitative estimate of drug-likeness (QED) is 0.642. The predicted molar refractivity (Wildman–Crippen MR) is 75.7 cm³/mol. The molecule has 1 aromatic heterocycles. The molecule has 0 aliphatic heterocycles. The SMILES string of the molecule is CCC[C@H](C)Nc1nc(Cl)nc(C)c1C(=O)OCC. The Labute approximate surface area is 118 Å². The zero-order chi connectivity index (χ0) is 14.4. The minimum absolute atomic E-state index is 0.122. The molecule has 0 saturated heterocycles. The van der Waals surface area contributed by atoms with Crippen molar-refractivity contribution in [3.8, 4) is 0 Å². The fourth-order valence-corrected chi connectivity index (χ4v) is 2.04. The van der Waals surface area contributed by atoms with Crippen molar-refractivity contribution in [1.82, 2.24) is 9.97 Å². The average Bonchev–Trinajstić information content (AvgIpc) is 2.28. The van der Waals surface area contributed by atoms with Crippen molar-refractivity contribution in [1.29, 1.82) is 0 Å². The van der Waals surface area contributed by atoms with Crippen LogP contribution >= 0.6 is 11.6 Å². The lowest BCUT2D eigenvalue weighted by molar-refractivity contribution is 0.0525. The third-order valence-electron chi connectivity index (χ3n) is 2.65. The Morgan fingerprint density at radius 3 is 2.68 bits per heavy atom. The molecule has 1 atom stereocenters. The Bertz CT molecular complexity index is 452. The Morgan fingerprint density at radius 2 is 2.11 bits per heavy atom. The van der Waals surface area contributed by atoms with E-state index in [2.05, 4.69) is 22.2 Å². The number of carbonyl (C=O) groups is 1. The number of esters is 1. The van der Waals surface area contributed by atoms with E-state index in [1.54, 1.807) is 13.8 Å². The van der Waals surface area contributed by atoms with Crippen molar-refractivity contribution in [2.75, 3.05) is 11.9 Å². The molecule has 0 aromatic carbocycles. The summed E-state index contributed by atoms with van der Waals surface area (Å²) >= 11 is 5.85. The Morgan fingerprint density at radius 1 is 1.42 bits per heavy atom. The lowest BCUT2D eigenvalue weighted by Crippen LogP contribution is -2.20. The first kappa shape index (κ1) is 15.7. The largest absolute Gasteiger partial charge is 0.462 e. The number of rotatable bonds is 6. The number of nitrogens with one attached hydrogen (secondary N) is 1. The Hall–Kier alpha value is -1.36. The standard InChI is InChI=1S/C13H20ClN3O2/c1-5-7-8(3)15-11-10(12(18)19-6-2)9(4)16-13(14)17-11/h8H,5-7H2,1-4H3,(H,15,16,17)/t8-/m0/s1. The van der Waals surface area contributed by atoms with Gasteiger partial charge in [0.05, 0.1) is 12.3 Å². The summed E-state index contributed by atoms with van der Waals surface area (Å²) in [6.07, 6.45) is 2.02. The molecule has 0 fully saturated rings. The second-order valence-electron chi connectivity index (χ2n) is 4.36. The molecule has 5 nitrogen and oxygen atoms in total. The van der Waals surface area contributed by atoms with Gasteiger partial charge in [-0.15, -0.1) is 0 Å². The van der Waals surface area contributed by atoms with Crippen molar-refractivity contribution in [3.63, 3.8) is 0 Å². The van der Waals surface area contributed by atoms with Gasteiger partial charge in [-0.1, -0.05) is 13.3 Å². The van der Waals surface area contributed by atoms with Gasteiger partial charge in [-0.05, 0) is 38.8 Å². The minimum Gasteiger partial charge on any atom is -0.462 e. The van der Waals surface area contributed by atoms with Crippen LogP contribution < -0.4 is 5.32 Å². The van der Waals surface area contributed by atoms with Crippen LogP contribution in [0.25, 0.3) is 0 Å². The number of aryl methyl sites for hydroxylation is 1. The van der Waals surface area contributed by atoms with Gasteiger partial charge >= 0.3 is 5.97 Å². The maximum atomic E-state index is 12.0. The second-order valence-corrected chi connectivity index (χ2v) is 4.69. The van der Waals surface area contributed by atoms with Crippen LogP contribution in [0.2, 0.25) is 5.28 Å². The molecular weight excluding hydrogens is 266 g/mol. The molecule has 106 valence electrons. The topological polar surface area (TPSA) is 64.1 Å². The van der Waals surface area contributed by atoms with Crippen molar-refractivity contribution in [3.05, 3.63) is 16.5 Å². The van der Waals surface area contributed by atoms with Gasteiger partial charge in [-0.3, -0.25) is 0 Å². The highest BCUT2D eigenvalue weighted by atomic mass is 35.5. The summed E-state index contributed by atoms with van der Waals surface area (Å²) in [5.41, 5.74) is 0.874. The first-order chi connectivity index (χ1) is 8.99. The van der Waals surface area contributed by atoms with Crippen LogP contribution in [0.5, 0.6) is 0 Å². The molecule has 0 unspecified atom stereocenters. The molecule has 1 aromatic rings. The molecule has 0 spiro atoms. The highest BCUT2D eigenvalue weighted by Crippen LogP contribution is 2.21. The predicted octanol–water partition coefficient (Wildman–Crippen LogP) is 3.22. The van der Waals surface area contributed by atoms with Crippen LogP contribution in [0.3, 0.4) is 0 Å². The summed E-state index contributed by atoms with van der Waals surface area (Å²) < 4.78 is 5.03. The van der Waals surface area contributed by atoms with E-state index >= 15 is 0 Å². The van der Waals surface area contributed by atoms with Crippen molar-refractivity contribution >= 4 is 23.4 Å². The number of carbonyl (C=O) groups excluding carboxylic acids is 1. The fourth-order valence-electron chi connectivity index (χ4n) is 1.83. The van der Waals surface area contributed by atoms with Crippen LogP contribution in [-0.4, -0.2) is 28.6 Å². The van der Waals surface area contributed by atoms with Gasteiger partial charge in [0.15, 0.2) is 0 Å². The average molecular weight is 286 g/mol. The van der Waals surface area contributed by atoms with Crippen molar-refractivity contribution < 1.29 is 9.53 Å². The maximum absolute atomic E-state index is 12.0. The van der Waals surface area contributed by atoms with E-state index in [1.807, 2.05) is 6.92 Å². The molecule has 1 heterocycles. The van der Waals surface area contributed by atoms with Crippen LogP contribution in [0, 0.1) is 6.92 Å². The smallest absolute Gasteiger partial charge is 0.343 e. The van der Waals surface area contributed by atoms with Gasteiger partial charge < -0.3 is 10.1 Å². The molecule has 1 N–H and O–H groups in total. The van der Waals surface area contributed by atoms with Gasteiger partial charge in [0.1, 0.15) is 11.4 Å². The fraction of sp³-hybridized carbons (Fsp3) is 0.615. The van der Waals surface area contributed by atoms with Gasteiger partial charge in [-0.2, -0.15) is 4.98 Å². The van der Waals surface area contributed by atoms with E-state index in [4.69, 9.17) is 16.3 Å². The molecule has 0 radical (unpaired) electrons. The third kappa shape index (κ3) is 4.35. The van der Waals surface area contributed by atoms with Crippen molar-refractivity contribution in [2.45, 2.75) is 46.6 Å². The van der Waals surface area contributed by atoms with Crippen LogP contribution in [0.1, 0.15) is 49.7 Å². The number of nitrogens with zero attached hydrogens (tertiary/aromatic N) is 2. The third-order valence-corrected chi connectivity index (χ3v) is 2.82. The number of hydrogen-bond donors (Lipinski definition) is 1. The van der Waals surface area contributed by atoms with E-state index in [0.29, 0.717) is 23.7 Å². The normalized spacial score (nSPS) is 12.1. The van der Waals surface area contributed by atoms with Crippen molar-refractivity contribution in [2.24, 2.45) is 0 Å². The van der Waals surface area contributed by atoms with E-state index in [9.17, 15) is 4.79 Å². The van der Waals surface area contributed by atoms with Gasteiger partial charge in [0, 0.05) is 6.04 Å². The molecule has 0 saturated carbocycles. The summed E-state index contributed by atoms with van der Waals surface area (Å²) in [6, 6.07) is 0.198. The molecular formula is C13H20ClN3O2.